The van der Waals surface area contributed by atoms with Gasteiger partial charge in [-0.2, -0.15) is 0 Å². The van der Waals surface area contributed by atoms with Crippen LogP contribution in [0, 0.1) is 13.8 Å². The lowest BCUT2D eigenvalue weighted by atomic mass is 10.1. The van der Waals surface area contributed by atoms with E-state index in [0.717, 1.165) is 15.6 Å². The smallest absolute Gasteiger partial charge is 0.307 e. The molecule has 1 N–H and O–H groups in total. The summed E-state index contributed by atoms with van der Waals surface area (Å²) in [5.41, 5.74) is 2.57. The standard InChI is InChI=1S/C18H20BrNO4S/c1-12-7-8-16(9-13(12)2)25(22,23)20-17(11-18(21)24-3)14-5-4-6-15(19)10-14/h4-10,17,20H,11H2,1-3H3. The Bertz CT molecular complexity index is 880. The van der Waals surface area contributed by atoms with Gasteiger partial charge in [0.05, 0.1) is 24.5 Å². The molecule has 0 spiro atoms. The fourth-order valence-electron chi connectivity index (χ4n) is 2.34. The molecule has 0 saturated heterocycles. The molecule has 5 nitrogen and oxygen atoms in total. The van der Waals surface area contributed by atoms with E-state index in [9.17, 15) is 13.2 Å². The number of benzene rings is 2. The fraction of sp³-hybridized carbons (Fsp3) is 0.278. The number of sulfonamides is 1. The van der Waals surface area contributed by atoms with Crippen LogP contribution in [0.15, 0.2) is 51.8 Å². The maximum atomic E-state index is 12.8. The van der Waals surface area contributed by atoms with Crippen molar-refractivity contribution in [1.82, 2.24) is 4.72 Å². The molecule has 134 valence electrons. The summed E-state index contributed by atoms with van der Waals surface area (Å²) in [6.45, 7) is 3.77. The van der Waals surface area contributed by atoms with E-state index >= 15 is 0 Å². The van der Waals surface area contributed by atoms with E-state index in [1.54, 1.807) is 36.4 Å². The molecule has 0 saturated carbocycles. The Labute approximate surface area is 156 Å². The molecular weight excluding hydrogens is 406 g/mol. The third kappa shape index (κ3) is 5.14. The van der Waals surface area contributed by atoms with Gasteiger partial charge in [-0.3, -0.25) is 4.79 Å². The number of hydrogen-bond acceptors (Lipinski definition) is 4. The van der Waals surface area contributed by atoms with Gasteiger partial charge in [-0.15, -0.1) is 0 Å². The fourth-order valence-corrected chi connectivity index (χ4v) is 4.06. The Hall–Kier alpha value is -1.70. The monoisotopic (exact) mass is 425 g/mol. The van der Waals surface area contributed by atoms with Crippen molar-refractivity contribution in [2.75, 3.05) is 7.11 Å². The lowest BCUT2D eigenvalue weighted by molar-refractivity contribution is -0.141. The molecule has 0 aliphatic carbocycles. The van der Waals surface area contributed by atoms with Crippen molar-refractivity contribution in [2.24, 2.45) is 0 Å². The lowest BCUT2D eigenvalue weighted by Crippen LogP contribution is -2.30. The molecule has 2 aromatic carbocycles. The third-order valence-corrected chi connectivity index (χ3v) is 5.90. The van der Waals surface area contributed by atoms with Gasteiger partial charge < -0.3 is 4.74 Å². The summed E-state index contributed by atoms with van der Waals surface area (Å²) in [4.78, 5) is 11.9. The van der Waals surface area contributed by atoms with Crippen molar-refractivity contribution in [1.29, 1.82) is 0 Å². The van der Waals surface area contributed by atoms with Crippen LogP contribution in [-0.2, 0) is 19.6 Å². The van der Waals surface area contributed by atoms with E-state index in [4.69, 9.17) is 4.74 Å². The molecule has 0 bridgehead atoms. The average molecular weight is 426 g/mol. The highest BCUT2D eigenvalue weighted by Crippen LogP contribution is 2.24. The van der Waals surface area contributed by atoms with Crippen LogP contribution >= 0.6 is 15.9 Å². The minimum absolute atomic E-state index is 0.100. The van der Waals surface area contributed by atoms with Gasteiger partial charge in [-0.05, 0) is 54.8 Å². The number of ether oxygens (including phenoxy) is 1. The van der Waals surface area contributed by atoms with Crippen molar-refractivity contribution in [2.45, 2.75) is 31.2 Å². The molecule has 0 aromatic heterocycles. The van der Waals surface area contributed by atoms with E-state index in [2.05, 4.69) is 20.7 Å². The van der Waals surface area contributed by atoms with Crippen LogP contribution in [-0.4, -0.2) is 21.5 Å². The zero-order valence-electron chi connectivity index (χ0n) is 14.2. The molecule has 0 aliphatic heterocycles. The maximum Gasteiger partial charge on any atom is 0.307 e. The molecule has 2 rings (SSSR count). The maximum absolute atomic E-state index is 12.8. The molecule has 0 fully saturated rings. The van der Waals surface area contributed by atoms with E-state index in [1.165, 1.54) is 7.11 Å². The SMILES string of the molecule is COC(=O)CC(NS(=O)(=O)c1ccc(C)c(C)c1)c1cccc(Br)c1. The second kappa shape index (κ2) is 8.12. The zero-order valence-corrected chi connectivity index (χ0v) is 16.6. The van der Waals surface area contributed by atoms with Crippen molar-refractivity contribution in [3.8, 4) is 0 Å². The largest absolute Gasteiger partial charge is 0.469 e. The molecule has 0 heterocycles. The Morgan fingerprint density at radius 1 is 1.16 bits per heavy atom. The Balaban J connectivity index is 2.37. The van der Waals surface area contributed by atoms with Crippen LogP contribution < -0.4 is 4.72 Å². The summed E-state index contributed by atoms with van der Waals surface area (Å²) < 4.78 is 33.6. The molecule has 2 aromatic rings. The molecule has 0 aliphatic rings. The summed E-state index contributed by atoms with van der Waals surface area (Å²) in [5.74, 6) is -0.493. The van der Waals surface area contributed by atoms with Crippen molar-refractivity contribution in [3.05, 3.63) is 63.6 Å². The minimum atomic E-state index is -3.79. The van der Waals surface area contributed by atoms with Gasteiger partial charge in [0.1, 0.15) is 0 Å². The first-order valence-electron chi connectivity index (χ1n) is 7.65. The highest BCUT2D eigenvalue weighted by molar-refractivity contribution is 9.10. The summed E-state index contributed by atoms with van der Waals surface area (Å²) in [7, 11) is -2.51. The second-order valence-electron chi connectivity index (χ2n) is 5.76. The van der Waals surface area contributed by atoms with Crippen molar-refractivity contribution in [3.63, 3.8) is 0 Å². The van der Waals surface area contributed by atoms with Gasteiger partial charge in [-0.1, -0.05) is 34.1 Å². The Morgan fingerprint density at radius 3 is 2.48 bits per heavy atom. The van der Waals surface area contributed by atoms with E-state index in [1.807, 2.05) is 19.9 Å². The zero-order chi connectivity index (χ0) is 18.6. The molecular formula is C18H20BrNO4S. The van der Waals surface area contributed by atoms with Crippen molar-refractivity contribution >= 4 is 31.9 Å². The third-order valence-electron chi connectivity index (χ3n) is 3.94. The molecule has 0 radical (unpaired) electrons. The number of nitrogens with one attached hydrogen (secondary N) is 1. The van der Waals surface area contributed by atoms with Crippen LogP contribution in [0.3, 0.4) is 0 Å². The van der Waals surface area contributed by atoms with Crippen molar-refractivity contribution < 1.29 is 17.9 Å². The highest BCUT2D eigenvalue weighted by Gasteiger charge is 2.24. The van der Waals surface area contributed by atoms with Crippen LogP contribution in [0.2, 0.25) is 0 Å². The Kier molecular flexibility index (Phi) is 6.37. The van der Waals surface area contributed by atoms with Gasteiger partial charge in [0.2, 0.25) is 10.0 Å². The second-order valence-corrected chi connectivity index (χ2v) is 8.38. The van der Waals surface area contributed by atoms with E-state index in [0.29, 0.717) is 5.56 Å². The van der Waals surface area contributed by atoms with Gasteiger partial charge in [0.15, 0.2) is 0 Å². The predicted molar refractivity (Wildman–Crippen MR) is 99.8 cm³/mol. The number of hydrogen-bond donors (Lipinski definition) is 1. The number of aryl methyl sites for hydroxylation is 2. The first-order chi connectivity index (χ1) is 11.7. The first-order valence-corrected chi connectivity index (χ1v) is 9.92. The van der Waals surface area contributed by atoms with E-state index < -0.39 is 22.0 Å². The number of esters is 1. The first kappa shape index (κ1) is 19.6. The van der Waals surface area contributed by atoms with Crippen LogP contribution in [0.4, 0.5) is 0 Å². The summed E-state index contributed by atoms with van der Waals surface area (Å²) in [6.07, 6.45) is -0.100. The van der Waals surface area contributed by atoms with Gasteiger partial charge >= 0.3 is 5.97 Å². The molecule has 1 unspecified atom stereocenters. The lowest BCUT2D eigenvalue weighted by Gasteiger charge is -2.19. The molecule has 7 heteroatoms. The van der Waals surface area contributed by atoms with Gasteiger partial charge in [0, 0.05) is 4.47 Å². The van der Waals surface area contributed by atoms with Crippen LogP contribution in [0.5, 0.6) is 0 Å². The van der Waals surface area contributed by atoms with Gasteiger partial charge in [0.25, 0.3) is 0 Å². The van der Waals surface area contributed by atoms with Crippen LogP contribution in [0.25, 0.3) is 0 Å². The quantitative estimate of drug-likeness (QED) is 0.716. The molecule has 1 atom stereocenters. The summed E-state index contributed by atoms with van der Waals surface area (Å²) >= 11 is 3.36. The predicted octanol–water partition coefficient (Wildman–Crippen LogP) is 3.65. The number of rotatable bonds is 6. The normalized spacial score (nSPS) is 12.6. The summed E-state index contributed by atoms with van der Waals surface area (Å²) in [5, 5.41) is 0. The number of halogens is 1. The topological polar surface area (TPSA) is 72.5 Å². The number of carbonyl (C=O) groups excluding carboxylic acids is 1. The average Bonchev–Trinajstić information content (AvgIpc) is 2.56. The number of methoxy groups -OCH3 is 1. The number of carbonyl (C=O) groups is 1. The van der Waals surface area contributed by atoms with Crippen LogP contribution in [0.1, 0.15) is 29.2 Å². The highest BCUT2D eigenvalue weighted by atomic mass is 79.9. The Morgan fingerprint density at radius 2 is 1.88 bits per heavy atom. The summed E-state index contributed by atoms with van der Waals surface area (Å²) in [6, 6.07) is 11.4. The molecule has 0 amide bonds. The minimum Gasteiger partial charge on any atom is -0.469 e. The van der Waals surface area contributed by atoms with E-state index in [-0.39, 0.29) is 11.3 Å². The molecule has 25 heavy (non-hydrogen) atoms. The van der Waals surface area contributed by atoms with Gasteiger partial charge in [-0.25, -0.2) is 13.1 Å².